The standard InChI is InChI=1S/C12H15NO3/c1-7-5-8-3-4-13-11(12(14)15)9(8)6-10(7)16-2/h5-6,11,13H,3-4H2,1-2H3,(H,14,15). The van der Waals surface area contributed by atoms with Gasteiger partial charge < -0.3 is 15.2 Å². The van der Waals surface area contributed by atoms with Gasteiger partial charge in [-0.25, -0.2) is 0 Å². The molecule has 0 radical (unpaired) electrons. The monoisotopic (exact) mass is 221 g/mol. The smallest absolute Gasteiger partial charge is 0.325 e. The molecule has 1 aromatic rings. The first kappa shape index (κ1) is 11.0. The number of carbonyl (C=O) groups is 1. The Morgan fingerprint density at radius 3 is 2.94 bits per heavy atom. The lowest BCUT2D eigenvalue weighted by atomic mass is 9.92. The molecule has 4 nitrogen and oxygen atoms in total. The molecule has 0 amide bonds. The van der Waals surface area contributed by atoms with Gasteiger partial charge in [0, 0.05) is 6.54 Å². The summed E-state index contributed by atoms with van der Waals surface area (Å²) in [6, 6.07) is 3.24. The summed E-state index contributed by atoms with van der Waals surface area (Å²) in [6.45, 7) is 2.67. The Morgan fingerprint density at radius 2 is 2.31 bits per heavy atom. The normalized spacial score (nSPS) is 19.0. The van der Waals surface area contributed by atoms with Crippen LogP contribution in [0.15, 0.2) is 12.1 Å². The van der Waals surface area contributed by atoms with E-state index in [1.54, 1.807) is 7.11 Å². The molecule has 16 heavy (non-hydrogen) atoms. The minimum absolute atomic E-state index is 0.613. The maximum absolute atomic E-state index is 11.1. The van der Waals surface area contributed by atoms with Crippen molar-refractivity contribution in [3.8, 4) is 5.75 Å². The summed E-state index contributed by atoms with van der Waals surface area (Å²) in [5.41, 5.74) is 2.97. The van der Waals surface area contributed by atoms with Gasteiger partial charge in [-0.1, -0.05) is 6.07 Å². The zero-order chi connectivity index (χ0) is 11.7. The average Bonchev–Trinajstić information content (AvgIpc) is 2.26. The largest absolute Gasteiger partial charge is 0.496 e. The Labute approximate surface area is 94.2 Å². The Morgan fingerprint density at radius 1 is 1.56 bits per heavy atom. The zero-order valence-corrected chi connectivity index (χ0v) is 9.41. The summed E-state index contributed by atoms with van der Waals surface area (Å²) in [5, 5.41) is 12.1. The fourth-order valence-electron chi connectivity index (χ4n) is 2.15. The third-order valence-electron chi connectivity index (χ3n) is 2.96. The highest BCUT2D eigenvalue weighted by Crippen LogP contribution is 2.30. The summed E-state index contributed by atoms with van der Waals surface area (Å²) in [4.78, 5) is 11.1. The number of fused-ring (bicyclic) bond motifs is 1. The molecule has 1 heterocycles. The molecule has 1 aliphatic rings. The highest BCUT2D eigenvalue weighted by atomic mass is 16.5. The van der Waals surface area contributed by atoms with Crippen molar-refractivity contribution in [3.05, 3.63) is 28.8 Å². The van der Waals surface area contributed by atoms with Crippen LogP contribution in [-0.2, 0) is 11.2 Å². The van der Waals surface area contributed by atoms with Gasteiger partial charge in [0.05, 0.1) is 7.11 Å². The minimum Gasteiger partial charge on any atom is -0.496 e. The van der Waals surface area contributed by atoms with Crippen LogP contribution in [0, 0.1) is 6.92 Å². The lowest BCUT2D eigenvalue weighted by molar-refractivity contribution is -0.139. The summed E-state index contributed by atoms with van der Waals surface area (Å²) in [7, 11) is 1.60. The predicted molar refractivity (Wildman–Crippen MR) is 59.8 cm³/mol. The van der Waals surface area contributed by atoms with Gasteiger partial charge in [0.2, 0.25) is 0 Å². The van der Waals surface area contributed by atoms with E-state index in [2.05, 4.69) is 5.32 Å². The number of carboxylic acids is 1. The van der Waals surface area contributed by atoms with E-state index < -0.39 is 12.0 Å². The van der Waals surface area contributed by atoms with Crippen molar-refractivity contribution in [1.82, 2.24) is 5.32 Å². The molecule has 2 N–H and O–H groups in total. The molecule has 2 rings (SSSR count). The van der Waals surface area contributed by atoms with Crippen molar-refractivity contribution in [1.29, 1.82) is 0 Å². The molecule has 1 aliphatic heterocycles. The van der Waals surface area contributed by atoms with Crippen molar-refractivity contribution in [2.24, 2.45) is 0 Å². The lowest BCUT2D eigenvalue weighted by Gasteiger charge is -2.25. The molecule has 0 spiro atoms. The van der Waals surface area contributed by atoms with Crippen molar-refractivity contribution >= 4 is 5.97 Å². The summed E-state index contributed by atoms with van der Waals surface area (Å²) >= 11 is 0. The highest BCUT2D eigenvalue weighted by Gasteiger charge is 2.26. The Bertz CT molecular complexity index is 429. The number of methoxy groups -OCH3 is 1. The number of hydrogen-bond acceptors (Lipinski definition) is 3. The molecule has 0 saturated carbocycles. The fourth-order valence-corrected chi connectivity index (χ4v) is 2.15. The van der Waals surface area contributed by atoms with Crippen LogP contribution in [0.25, 0.3) is 0 Å². The molecule has 1 atom stereocenters. The van der Waals surface area contributed by atoms with Gasteiger partial charge in [-0.05, 0) is 36.1 Å². The summed E-state index contributed by atoms with van der Waals surface area (Å²) in [6.07, 6.45) is 0.865. The number of aliphatic carboxylic acids is 1. The van der Waals surface area contributed by atoms with Gasteiger partial charge in [-0.15, -0.1) is 0 Å². The van der Waals surface area contributed by atoms with Gasteiger partial charge in [0.25, 0.3) is 0 Å². The summed E-state index contributed by atoms with van der Waals surface area (Å²) < 4.78 is 5.22. The first-order valence-electron chi connectivity index (χ1n) is 5.27. The Kier molecular flexibility index (Phi) is 2.83. The summed E-state index contributed by atoms with van der Waals surface area (Å²) in [5.74, 6) is -0.0967. The third kappa shape index (κ3) is 1.76. The Hall–Kier alpha value is -1.55. The predicted octanol–water partition coefficient (Wildman–Crippen LogP) is 1.28. The van der Waals surface area contributed by atoms with Crippen LogP contribution in [0.2, 0.25) is 0 Å². The molecule has 1 aromatic carbocycles. The first-order valence-corrected chi connectivity index (χ1v) is 5.27. The van der Waals surface area contributed by atoms with E-state index >= 15 is 0 Å². The molecular formula is C12H15NO3. The maximum Gasteiger partial charge on any atom is 0.325 e. The van der Waals surface area contributed by atoms with Crippen molar-refractivity contribution in [2.45, 2.75) is 19.4 Å². The highest BCUT2D eigenvalue weighted by molar-refractivity contribution is 5.77. The average molecular weight is 221 g/mol. The molecule has 1 unspecified atom stereocenters. The second kappa shape index (κ2) is 4.14. The maximum atomic E-state index is 11.1. The van der Waals surface area contributed by atoms with Crippen LogP contribution < -0.4 is 10.1 Å². The van der Waals surface area contributed by atoms with Crippen LogP contribution in [0.1, 0.15) is 22.7 Å². The molecule has 0 bridgehead atoms. The molecule has 4 heteroatoms. The van der Waals surface area contributed by atoms with Crippen LogP contribution >= 0.6 is 0 Å². The van der Waals surface area contributed by atoms with E-state index in [1.807, 2.05) is 19.1 Å². The van der Waals surface area contributed by atoms with E-state index in [0.717, 1.165) is 28.9 Å². The Balaban J connectivity index is 2.50. The quantitative estimate of drug-likeness (QED) is 0.789. The van der Waals surface area contributed by atoms with E-state index in [4.69, 9.17) is 9.84 Å². The van der Waals surface area contributed by atoms with Crippen LogP contribution in [0.5, 0.6) is 5.75 Å². The van der Waals surface area contributed by atoms with Gasteiger partial charge in [-0.2, -0.15) is 0 Å². The van der Waals surface area contributed by atoms with Crippen LogP contribution in [0.3, 0.4) is 0 Å². The van der Waals surface area contributed by atoms with Gasteiger partial charge >= 0.3 is 5.97 Å². The van der Waals surface area contributed by atoms with E-state index in [-0.39, 0.29) is 0 Å². The van der Waals surface area contributed by atoms with Crippen molar-refractivity contribution in [3.63, 3.8) is 0 Å². The number of benzene rings is 1. The molecule has 0 aliphatic carbocycles. The van der Waals surface area contributed by atoms with Crippen LogP contribution in [-0.4, -0.2) is 24.7 Å². The SMILES string of the molecule is COc1cc2c(cc1C)CCNC2C(=O)O. The molecule has 0 fully saturated rings. The third-order valence-corrected chi connectivity index (χ3v) is 2.96. The minimum atomic E-state index is -0.841. The number of rotatable bonds is 2. The number of nitrogens with one attached hydrogen (secondary N) is 1. The van der Waals surface area contributed by atoms with E-state index in [9.17, 15) is 4.79 Å². The van der Waals surface area contributed by atoms with Gasteiger partial charge in [0.1, 0.15) is 11.8 Å². The van der Waals surface area contributed by atoms with Crippen LogP contribution in [0.4, 0.5) is 0 Å². The molecular weight excluding hydrogens is 206 g/mol. The van der Waals surface area contributed by atoms with Gasteiger partial charge in [0.15, 0.2) is 0 Å². The fraction of sp³-hybridized carbons (Fsp3) is 0.417. The number of ether oxygens (including phenoxy) is 1. The van der Waals surface area contributed by atoms with E-state index in [0.29, 0.717) is 6.54 Å². The van der Waals surface area contributed by atoms with Gasteiger partial charge in [-0.3, -0.25) is 4.79 Å². The number of carboxylic acid groups (broad SMARTS) is 1. The molecule has 0 saturated heterocycles. The number of hydrogen-bond donors (Lipinski definition) is 2. The zero-order valence-electron chi connectivity index (χ0n) is 9.41. The second-order valence-corrected chi connectivity index (χ2v) is 4.00. The number of aryl methyl sites for hydroxylation is 1. The lowest BCUT2D eigenvalue weighted by Crippen LogP contribution is -2.35. The van der Waals surface area contributed by atoms with Crippen molar-refractivity contribution < 1.29 is 14.6 Å². The molecule has 0 aromatic heterocycles. The van der Waals surface area contributed by atoms with Crippen molar-refractivity contribution in [2.75, 3.05) is 13.7 Å². The van der Waals surface area contributed by atoms with E-state index in [1.165, 1.54) is 0 Å². The topological polar surface area (TPSA) is 58.6 Å². The molecule has 86 valence electrons. The second-order valence-electron chi connectivity index (χ2n) is 4.00. The first-order chi connectivity index (χ1) is 7.63.